The summed E-state index contributed by atoms with van der Waals surface area (Å²) in [6.45, 7) is 12.0. The van der Waals surface area contributed by atoms with Crippen LogP contribution in [0.5, 0.6) is 0 Å². The number of unbranched alkanes of at least 4 members (excludes halogenated alkanes) is 2. The summed E-state index contributed by atoms with van der Waals surface area (Å²) < 4.78 is 0. The fraction of sp³-hybridized carbons (Fsp3) is 0.700. The van der Waals surface area contributed by atoms with Gasteiger partial charge in [0.05, 0.1) is 0 Å². The van der Waals surface area contributed by atoms with E-state index in [1.54, 1.807) is 13.8 Å². The Bertz CT molecular complexity index is 75.3. The molecular formula is C10H21CeO2. The van der Waals surface area contributed by atoms with Crippen molar-refractivity contribution in [3.8, 4) is 0 Å². The molecule has 1 radical (unpaired) electrons. The quantitative estimate of drug-likeness (QED) is 0.588. The van der Waals surface area contributed by atoms with Crippen molar-refractivity contribution in [1.29, 1.82) is 0 Å². The zero-order chi connectivity index (χ0) is 10.4. The molecule has 0 heterocycles. The van der Waals surface area contributed by atoms with E-state index in [0.29, 0.717) is 0 Å². The molecule has 0 unspecified atom stereocenters. The summed E-state index contributed by atoms with van der Waals surface area (Å²) >= 11 is 0. The first-order valence-corrected chi connectivity index (χ1v) is 4.38. The minimum atomic E-state index is -0.932. The van der Waals surface area contributed by atoms with Crippen LogP contribution in [-0.2, 0) is 4.79 Å². The smallest absolute Gasteiger partial charge is 0.550 e. The number of rotatable bonds is 4. The van der Waals surface area contributed by atoms with Crippen molar-refractivity contribution in [2.45, 2.75) is 46.5 Å². The number of aliphatic carboxylic acids is 1. The summed E-state index contributed by atoms with van der Waals surface area (Å²) in [6.07, 6.45) is 3.04. The molecule has 0 saturated carbocycles. The molecule has 77 valence electrons. The van der Waals surface area contributed by atoms with Gasteiger partial charge in [0.1, 0.15) is 0 Å². The molecule has 3 heteroatoms. The van der Waals surface area contributed by atoms with Crippen LogP contribution < -0.4 is 5.11 Å². The van der Waals surface area contributed by atoms with Crippen LogP contribution in [0.1, 0.15) is 46.5 Å². The average Bonchev–Trinajstić information content (AvgIpc) is 2.12. The van der Waals surface area contributed by atoms with E-state index >= 15 is 0 Å². The van der Waals surface area contributed by atoms with Gasteiger partial charge in [0.25, 0.3) is 0 Å². The molecule has 0 N–H and O–H groups in total. The molecule has 0 aromatic carbocycles. The molecule has 0 aromatic heterocycles. The third kappa shape index (κ3) is 44.2. The molecule has 0 aromatic rings. The zero-order valence-corrected chi connectivity index (χ0v) is 12.2. The second-order valence-corrected chi connectivity index (χ2v) is 1.83. The van der Waals surface area contributed by atoms with Gasteiger partial charge in [0.15, 0.2) is 0 Å². The van der Waals surface area contributed by atoms with Gasteiger partial charge in [-0.1, -0.05) is 19.8 Å². The summed E-state index contributed by atoms with van der Waals surface area (Å²) in [6, 6.07) is 0. The number of hydrogen-bond donors (Lipinski definition) is 0. The number of carbonyl (C=O) groups excluding carboxylic acids is 1. The van der Waals surface area contributed by atoms with Crippen LogP contribution in [0.3, 0.4) is 0 Å². The Kier molecular flexibility index (Phi) is 53.1. The Morgan fingerprint density at radius 3 is 1.77 bits per heavy atom. The van der Waals surface area contributed by atoms with Crippen LogP contribution in [0.2, 0.25) is 0 Å². The fourth-order valence-electron chi connectivity index (χ4n) is 0.519. The minimum Gasteiger partial charge on any atom is -0.550 e. The number of hydrogen-bond acceptors (Lipinski definition) is 2. The van der Waals surface area contributed by atoms with E-state index < -0.39 is 5.97 Å². The summed E-state index contributed by atoms with van der Waals surface area (Å²) in [5.41, 5.74) is 0. The average molecular weight is 313 g/mol. The molecule has 0 aliphatic heterocycles. The molecule has 0 bridgehead atoms. The van der Waals surface area contributed by atoms with E-state index in [0.717, 1.165) is 19.3 Å². The predicted molar refractivity (Wildman–Crippen MR) is 51.2 cm³/mol. The maximum absolute atomic E-state index is 9.76. The molecule has 0 aliphatic carbocycles. The van der Waals surface area contributed by atoms with E-state index in [1.807, 2.05) is 6.92 Å². The third-order valence-electron chi connectivity index (χ3n) is 0.984. The van der Waals surface area contributed by atoms with Crippen molar-refractivity contribution >= 4 is 5.97 Å². The first kappa shape index (κ1) is 23.6. The van der Waals surface area contributed by atoms with Crippen LogP contribution in [0.4, 0.5) is 0 Å². The van der Waals surface area contributed by atoms with Gasteiger partial charge < -0.3 is 23.7 Å². The number of carboxylic acid groups (broad SMARTS) is 1. The van der Waals surface area contributed by atoms with Crippen LogP contribution in [0, 0.1) is 55.6 Å². The van der Waals surface area contributed by atoms with Crippen molar-refractivity contribution in [2.24, 2.45) is 0 Å². The Hall–Kier alpha value is 0.847. The summed E-state index contributed by atoms with van der Waals surface area (Å²) in [5, 5.41) is 9.76. The van der Waals surface area contributed by atoms with Gasteiger partial charge in [-0.25, -0.2) is 0 Å². The van der Waals surface area contributed by atoms with Crippen molar-refractivity contribution < 1.29 is 51.6 Å². The molecule has 0 aliphatic rings. The van der Waals surface area contributed by atoms with E-state index in [4.69, 9.17) is 0 Å². The second kappa shape index (κ2) is 29.3. The third-order valence-corrected chi connectivity index (χ3v) is 0.984. The molecule has 0 saturated heterocycles. The van der Waals surface area contributed by atoms with Gasteiger partial charge in [-0.15, -0.1) is 0 Å². The Labute approximate surface area is 117 Å². The maximum Gasteiger partial charge on any atom is 3.00 e. The van der Waals surface area contributed by atoms with Gasteiger partial charge in [0.2, 0.25) is 0 Å². The largest absolute Gasteiger partial charge is 3.00 e. The van der Waals surface area contributed by atoms with E-state index in [9.17, 15) is 9.90 Å². The van der Waals surface area contributed by atoms with E-state index in [2.05, 4.69) is 13.8 Å². The number of carbonyl (C=O) groups is 1. The van der Waals surface area contributed by atoms with Gasteiger partial charge in [-0.2, -0.15) is 13.8 Å². The van der Waals surface area contributed by atoms with Crippen molar-refractivity contribution in [2.75, 3.05) is 0 Å². The predicted octanol–water partition coefficient (Wildman–Crippen LogP) is 2.00. The first-order valence-electron chi connectivity index (χ1n) is 4.38. The Balaban J connectivity index is -0.0000000712. The molecule has 13 heavy (non-hydrogen) atoms. The van der Waals surface area contributed by atoms with Crippen molar-refractivity contribution in [3.63, 3.8) is 0 Å². The van der Waals surface area contributed by atoms with Gasteiger partial charge in [-0.3, -0.25) is 0 Å². The zero-order valence-electron chi connectivity index (χ0n) is 9.06. The SMILES string of the molecule is CCCCCC(=O)[O-].[CH2-]C.[CH2-]C.[Ce+3]. The molecule has 0 spiro atoms. The van der Waals surface area contributed by atoms with Crippen LogP contribution in [-0.4, -0.2) is 5.97 Å². The molecule has 2 nitrogen and oxygen atoms in total. The standard InChI is InChI=1S/C6H12O2.2C2H5.Ce/c1-2-3-4-5-6(7)8;2*1-2;/h2-5H2,1H3,(H,7,8);2*1H2,2H3;/q;2*-1;+3/p-1. The second-order valence-electron chi connectivity index (χ2n) is 1.83. The molecule has 0 fully saturated rings. The normalized spacial score (nSPS) is 6.54. The minimum absolute atomic E-state index is 0. The van der Waals surface area contributed by atoms with Crippen molar-refractivity contribution in [3.05, 3.63) is 13.8 Å². The Morgan fingerprint density at radius 2 is 1.54 bits per heavy atom. The summed E-state index contributed by atoms with van der Waals surface area (Å²) in [5.74, 6) is -0.932. The first-order chi connectivity index (χ1) is 5.77. The van der Waals surface area contributed by atoms with Crippen molar-refractivity contribution in [1.82, 2.24) is 0 Å². The van der Waals surface area contributed by atoms with Gasteiger partial charge in [0, 0.05) is 5.97 Å². The van der Waals surface area contributed by atoms with Gasteiger partial charge >= 0.3 is 41.7 Å². The van der Waals surface area contributed by atoms with Crippen LogP contribution in [0.25, 0.3) is 0 Å². The van der Waals surface area contributed by atoms with Gasteiger partial charge in [-0.05, 0) is 12.8 Å². The topological polar surface area (TPSA) is 40.1 Å². The summed E-state index contributed by atoms with van der Waals surface area (Å²) in [4.78, 5) is 9.76. The monoisotopic (exact) mass is 313 g/mol. The van der Waals surface area contributed by atoms with E-state index in [-0.39, 0.29) is 48.2 Å². The molecule has 0 amide bonds. The van der Waals surface area contributed by atoms with E-state index in [1.165, 1.54) is 0 Å². The summed E-state index contributed by atoms with van der Waals surface area (Å²) in [7, 11) is 0. The molecule has 0 rings (SSSR count). The Morgan fingerprint density at radius 1 is 1.15 bits per heavy atom. The molecular weight excluding hydrogens is 292 g/mol. The maximum atomic E-state index is 9.76. The number of carboxylic acids is 1. The fourth-order valence-corrected chi connectivity index (χ4v) is 0.519. The van der Waals surface area contributed by atoms with Crippen LogP contribution >= 0.6 is 0 Å². The van der Waals surface area contributed by atoms with Crippen LogP contribution in [0.15, 0.2) is 0 Å². The molecule has 0 atom stereocenters.